The van der Waals surface area contributed by atoms with Crippen LogP contribution in [0.15, 0.2) is 34.0 Å². The molecule has 6 nitrogen and oxygen atoms in total. The predicted octanol–water partition coefficient (Wildman–Crippen LogP) is 1.54. The summed E-state index contributed by atoms with van der Waals surface area (Å²) in [4.78, 5) is 4.36. The Labute approximate surface area is 92.1 Å². The van der Waals surface area contributed by atoms with Crippen molar-refractivity contribution in [2.45, 2.75) is 0 Å². The number of halogens is 1. The van der Waals surface area contributed by atoms with E-state index in [1.807, 2.05) is 0 Å². The van der Waals surface area contributed by atoms with Gasteiger partial charge in [-0.1, -0.05) is 0 Å². The van der Waals surface area contributed by atoms with E-state index >= 15 is 0 Å². The summed E-state index contributed by atoms with van der Waals surface area (Å²) in [5, 5.41) is 11.7. The Balaban J connectivity index is 2.27. The Bertz CT molecular complexity index is 616. The van der Waals surface area contributed by atoms with Crippen LogP contribution in [0.25, 0.3) is 17.0 Å². The highest BCUT2D eigenvalue weighted by Crippen LogP contribution is 2.23. The van der Waals surface area contributed by atoms with Crippen LogP contribution in [0.4, 0.5) is 0 Å². The molecule has 0 spiro atoms. The average molecular weight is 266 g/mol. The van der Waals surface area contributed by atoms with Crippen molar-refractivity contribution in [1.82, 2.24) is 24.8 Å². The maximum absolute atomic E-state index is 5.25. The van der Waals surface area contributed by atoms with Crippen molar-refractivity contribution in [3.05, 3.63) is 29.6 Å². The van der Waals surface area contributed by atoms with Crippen LogP contribution < -0.4 is 0 Å². The summed E-state index contributed by atoms with van der Waals surface area (Å²) < 4.78 is 6.94. The molecule has 3 aromatic rings. The van der Waals surface area contributed by atoms with Gasteiger partial charge in [-0.15, -0.1) is 10.2 Å². The molecule has 0 saturated carbocycles. The molecule has 7 heteroatoms. The zero-order chi connectivity index (χ0) is 10.3. The zero-order valence-electron chi connectivity index (χ0n) is 7.33. The summed E-state index contributed by atoms with van der Waals surface area (Å²) >= 11 is 3.10. The fraction of sp³-hybridized carbons (Fsp3) is 0. The lowest BCUT2D eigenvalue weighted by Crippen LogP contribution is -1.86. The zero-order valence-corrected chi connectivity index (χ0v) is 8.92. The molecule has 0 amide bonds. The molecule has 0 unspecified atom stereocenters. The minimum atomic E-state index is 0.348. The van der Waals surface area contributed by atoms with Crippen molar-refractivity contribution in [2.75, 3.05) is 0 Å². The van der Waals surface area contributed by atoms with E-state index in [9.17, 15) is 0 Å². The average Bonchev–Trinajstić information content (AvgIpc) is 2.83. The summed E-state index contributed by atoms with van der Waals surface area (Å²) in [6, 6.07) is 0. The highest BCUT2D eigenvalue weighted by atomic mass is 79.9. The van der Waals surface area contributed by atoms with Crippen molar-refractivity contribution in [3.63, 3.8) is 0 Å². The van der Waals surface area contributed by atoms with E-state index in [-0.39, 0.29) is 0 Å². The van der Waals surface area contributed by atoms with E-state index in [1.54, 1.807) is 29.3 Å². The molecule has 15 heavy (non-hydrogen) atoms. The third-order valence-electron chi connectivity index (χ3n) is 1.96. The van der Waals surface area contributed by atoms with Gasteiger partial charge in [0.1, 0.15) is 0 Å². The second kappa shape index (κ2) is 3.13. The molecule has 0 saturated heterocycles. The lowest BCUT2D eigenvalue weighted by atomic mass is 10.3. The summed E-state index contributed by atoms with van der Waals surface area (Å²) in [7, 11) is 0. The maximum Gasteiger partial charge on any atom is 0.285 e. The van der Waals surface area contributed by atoms with Crippen molar-refractivity contribution in [1.29, 1.82) is 0 Å². The molecule has 0 radical (unpaired) electrons. The monoisotopic (exact) mass is 265 g/mol. The molecule has 0 aliphatic rings. The van der Waals surface area contributed by atoms with Gasteiger partial charge in [-0.05, 0) is 0 Å². The third-order valence-corrected chi connectivity index (χ3v) is 2.28. The molecule has 0 aliphatic heterocycles. The molecule has 3 rings (SSSR count). The van der Waals surface area contributed by atoms with E-state index in [1.165, 1.54) is 0 Å². The first-order valence-corrected chi connectivity index (χ1v) is 4.90. The summed E-state index contributed by atoms with van der Waals surface area (Å²) in [6.07, 6.45) is 6.77. The third kappa shape index (κ3) is 1.32. The SMILES string of the molecule is Brc1nnc(-c2cnn3ccncc23)o1. The van der Waals surface area contributed by atoms with Gasteiger partial charge in [0.05, 0.1) is 23.5 Å². The van der Waals surface area contributed by atoms with Crippen molar-refractivity contribution < 1.29 is 4.42 Å². The molecule has 0 bridgehead atoms. The van der Waals surface area contributed by atoms with Gasteiger partial charge in [0.15, 0.2) is 0 Å². The molecule has 3 aromatic heterocycles. The number of rotatable bonds is 1. The molecule has 74 valence electrons. The largest absolute Gasteiger partial charge is 0.411 e. The highest BCUT2D eigenvalue weighted by Gasteiger charge is 2.12. The Morgan fingerprint density at radius 3 is 3.00 bits per heavy atom. The van der Waals surface area contributed by atoms with Crippen LogP contribution in [0.3, 0.4) is 0 Å². The predicted molar refractivity (Wildman–Crippen MR) is 54.0 cm³/mol. The molecule has 0 aromatic carbocycles. The Morgan fingerprint density at radius 1 is 1.27 bits per heavy atom. The number of nitrogens with zero attached hydrogens (tertiary/aromatic N) is 5. The first-order chi connectivity index (χ1) is 7.34. The van der Waals surface area contributed by atoms with Gasteiger partial charge >= 0.3 is 0 Å². The molecule has 0 atom stereocenters. The van der Waals surface area contributed by atoms with Crippen LogP contribution in [0.5, 0.6) is 0 Å². The van der Waals surface area contributed by atoms with Crippen LogP contribution in [-0.2, 0) is 0 Å². The lowest BCUT2D eigenvalue weighted by molar-refractivity contribution is 0.541. The first kappa shape index (κ1) is 8.54. The van der Waals surface area contributed by atoms with E-state index in [0.29, 0.717) is 10.7 Å². The normalized spacial score (nSPS) is 11.0. The van der Waals surface area contributed by atoms with Gasteiger partial charge in [0, 0.05) is 28.3 Å². The van der Waals surface area contributed by atoms with Crippen molar-refractivity contribution in [3.8, 4) is 11.5 Å². The summed E-state index contributed by atoms with van der Waals surface area (Å²) in [6.45, 7) is 0. The molecule has 3 heterocycles. The van der Waals surface area contributed by atoms with Crippen LogP contribution in [0.1, 0.15) is 0 Å². The second-order valence-electron chi connectivity index (χ2n) is 2.82. The van der Waals surface area contributed by atoms with E-state index in [2.05, 4.69) is 36.2 Å². The minimum Gasteiger partial charge on any atom is -0.411 e. The van der Waals surface area contributed by atoms with Crippen LogP contribution >= 0.6 is 15.9 Å². The lowest BCUT2D eigenvalue weighted by Gasteiger charge is -1.91. The number of aromatic nitrogens is 5. The Morgan fingerprint density at radius 2 is 2.20 bits per heavy atom. The highest BCUT2D eigenvalue weighted by molar-refractivity contribution is 9.10. The molecular formula is C8H4BrN5O. The van der Waals surface area contributed by atoms with E-state index in [0.717, 1.165) is 11.1 Å². The fourth-order valence-corrected chi connectivity index (χ4v) is 1.55. The van der Waals surface area contributed by atoms with Crippen LogP contribution in [0, 0.1) is 0 Å². The Kier molecular flexibility index (Phi) is 1.78. The first-order valence-electron chi connectivity index (χ1n) is 4.11. The van der Waals surface area contributed by atoms with Gasteiger partial charge in [-0.3, -0.25) is 4.98 Å². The van der Waals surface area contributed by atoms with E-state index in [4.69, 9.17) is 4.42 Å². The molecule has 0 fully saturated rings. The quantitative estimate of drug-likeness (QED) is 0.668. The second-order valence-corrected chi connectivity index (χ2v) is 3.50. The van der Waals surface area contributed by atoms with Crippen LogP contribution in [0.2, 0.25) is 0 Å². The summed E-state index contributed by atoms with van der Waals surface area (Å²) in [5.41, 5.74) is 1.59. The number of hydrogen-bond acceptors (Lipinski definition) is 5. The summed E-state index contributed by atoms with van der Waals surface area (Å²) in [5.74, 6) is 0.421. The Hall–Kier alpha value is -1.76. The fourth-order valence-electron chi connectivity index (χ4n) is 1.31. The topological polar surface area (TPSA) is 69.1 Å². The minimum absolute atomic E-state index is 0.348. The van der Waals surface area contributed by atoms with Gasteiger partial charge in [0.25, 0.3) is 10.7 Å². The van der Waals surface area contributed by atoms with Gasteiger partial charge < -0.3 is 4.42 Å². The van der Waals surface area contributed by atoms with Crippen molar-refractivity contribution >= 4 is 21.4 Å². The van der Waals surface area contributed by atoms with Gasteiger partial charge in [-0.2, -0.15) is 5.10 Å². The van der Waals surface area contributed by atoms with Crippen molar-refractivity contribution in [2.24, 2.45) is 0 Å². The molecule has 0 aliphatic carbocycles. The number of fused-ring (bicyclic) bond motifs is 1. The number of hydrogen-bond donors (Lipinski definition) is 0. The van der Waals surface area contributed by atoms with E-state index < -0.39 is 0 Å². The smallest absolute Gasteiger partial charge is 0.285 e. The van der Waals surface area contributed by atoms with Gasteiger partial charge in [-0.25, -0.2) is 4.52 Å². The van der Waals surface area contributed by atoms with Crippen LogP contribution in [-0.4, -0.2) is 24.8 Å². The molecule has 0 N–H and O–H groups in total. The van der Waals surface area contributed by atoms with Gasteiger partial charge in [0.2, 0.25) is 0 Å². The maximum atomic E-state index is 5.25. The standard InChI is InChI=1S/C8H4BrN5O/c9-8-13-12-7(15-8)5-3-11-14-2-1-10-4-6(5)14/h1-4H. The molecular weight excluding hydrogens is 262 g/mol.